The summed E-state index contributed by atoms with van der Waals surface area (Å²) in [5.74, 6) is -0.257. The second-order valence-corrected chi connectivity index (χ2v) is 7.42. The van der Waals surface area contributed by atoms with Gasteiger partial charge in [-0.3, -0.25) is 19.1 Å². The first kappa shape index (κ1) is 25.1. The molecule has 0 aliphatic carbocycles. The third-order valence-corrected chi connectivity index (χ3v) is 5.20. The number of carbonyl (C=O) groups excluding carboxylic acids is 1. The van der Waals surface area contributed by atoms with Gasteiger partial charge in [-0.15, -0.1) is 24.8 Å². The highest BCUT2D eigenvalue weighted by Gasteiger charge is 2.25. The number of aryl methyl sites for hydroxylation is 1. The number of aromatic amines is 1. The van der Waals surface area contributed by atoms with Gasteiger partial charge in [-0.25, -0.2) is 9.78 Å². The zero-order valence-electron chi connectivity index (χ0n) is 17.1. The summed E-state index contributed by atoms with van der Waals surface area (Å²) in [4.78, 5) is 44.6. The summed E-state index contributed by atoms with van der Waals surface area (Å²) in [6, 6.07) is 1.82. The van der Waals surface area contributed by atoms with E-state index in [9.17, 15) is 14.4 Å². The molecule has 2 unspecified atom stereocenters. The highest BCUT2D eigenvalue weighted by atomic mass is 35.5. The van der Waals surface area contributed by atoms with Crippen LogP contribution < -0.4 is 21.9 Å². The highest BCUT2D eigenvalue weighted by molar-refractivity contribution is 6.05. The summed E-state index contributed by atoms with van der Waals surface area (Å²) < 4.78 is 1.39. The summed E-state index contributed by atoms with van der Waals surface area (Å²) in [7, 11) is 0. The van der Waals surface area contributed by atoms with Crippen LogP contribution in [0.2, 0.25) is 0 Å². The fraction of sp³-hybridized carbons (Fsp3) is 0.579. The Morgan fingerprint density at radius 1 is 1.34 bits per heavy atom. The lowest BCUT2D eigenvalue weighted by Crippen LogP contribution is -2.52. The molecule has 10 heteroatoms. The van der Waals surface area contributed by atoms with Gasteiger partial charge in [0.15, 0.2) is 5.65 Å². The number of hydrogen-bond donors (Lipinski definition) is 3. The summed E-state index contributed by atoms with van der Waals surface area (Å²) in [5.41, 5.74) is 0.111. The molecular weight excluding hydrogens is 417 g/mol. The Bertz CT molecular complexity index is 986. The zero-order chi connectivity index (χ0) is 19.7. The minimum atomic E-state index is -0.581. The number of pyridine rings is 1. The second-order valence-electron chi connectivity index (χ2n) is 7.42. The lowest BCUT2D eigenvalue weighted by molar-refractivity contribution is 0.0921. The maximum absolute atomic E-state index is 13.1. The Kier molecular flexibility index (Phi) is 8.86. The maximum atomic E-state index is 13.1. The average Bonchev–Trinajstić information content (AvgIpc) is 2.62. The summed E-state index contributed by atoms with van der Waals surface area (Å²) in [6.07, 6.45) is 1.87. The van der Waals surface area contributed by atoms with Crippen molar-refractivity contribution in [2.24, 2.45) is 0 Å². The van der Waals surface area contributed by atoms with Crippen molar-refractivity contribution < 1.29 is 4.79 Å². The van der Waals surface area contributed by atoms with Crippen molar-refractivity contribution in [2.45, 2.75) is 65.1 Å². The Balaban J connectivity index is 0.00000210. The largest absolute Gasteiger partial charge is 0.348 e. The van der Waals surface area contributed by atoms with E-state index < -0.39 is 11.2 Å². The van der Waals surface area contributed by atoms with Gasteiger partial charge in [-0.2, -0.15) is 0 Å². The zero-order valence-corrected chi connectivity index (χ0v) is 18.7. The van der Waals surface area contributed by atoms with Crippen LogP contribution in [0.4, 0.5) is 0 Å². The lowest BCUT2D eigenvalue weighted by atomic mass is 9.98. The predicted molar refractivity (Wildman–Crippen MR) is 119 cm³/mol. The minimum absolute atomic E-state index is 0. The molecule has 1 amide bonds. The molecule has 3 rings (SSSR count). The second kappa shape index (κ2) is 10.2. The molecule has 0 saturated carbocycles. The first-order valence-electron chi connectivity index (χ1n) is 9.55. The van der Waals surface area contributed by atoms with Crippen molar-refractivity contribution in [1.82, 2.24) is 25.2 Å². The molecule has 8 nitrogen and oxygen atoms in total. The molecule has 0 radical (unpaired) electrons. The number of carbonyl (C=O) groups is 1. The molecule has 2 aromatic heterocycles. The molecule has 3 N–H and O–H groups in total. The minimum Gasteiger partial charge on any atom is -0.348 e. The molecule has 1 aliphatic heterocycles. The van der Waals surface area contributed by atoms with Crippen LogP contribution in [0.3, 0.4) is 0 Å². The van der Waals surface area contributed by atoms with Crippen molar-refractivity contribution in [3.63, 3.8) is 0 Å². The molecule has 0 spiro atoms. The van der Waals surface area contributed by atoms with Crippen molar-refractivity contribution in [3.05, 3.63) is 38.2 Å². The van der Waals surface area contributed by atoms with Gasteiger partial charge in [0.25, 0.3) is 11.5 Å². The molecule has 1 fully saturated rings. The van der Waals surface area contributed by atoms with E-state index in [1.807, 2.05) is 20.8 Å². The number of nitrogens with one attached hydrogen (secondary N) is 3. The van der Waals surface area contributed by atoms with E-state index in [0.717, 1.165) is 19.4 Å². The van der Waals surface area contributed by atoms with Gasteiger partial charge in [0, 0.05) is 24.3 Å². The van der Waals surface area contributed by atoms with Gasteiger partial charge in [-0.05, 0) is 45.2 Å². The van der Waals surface area contributed by atoms with Crippen LogP contribution in [0.15, 0.2) is 15.7 Å². The van der Waals surface area contributed by atoms with E-state index in [-0.39, 0.29) is 65.3 Å². The van der Waals surface area contributed by atoms with E-state index in [2.05, 4.69) is 20.6 Å². The number of aromatic nitrogens is 3. The number of fused-ring (bicyclic) bond motifs is 1. The number of amides is 1. The van der Waals surface area contributed by atoms with Crippen molar-refractivity contribution in [2.75, 3.05) is 6.54 Å². The predicted octanol–water partition coefficient (Wildman–Crippen LogP) is 1.94. The molecular formula is C19H29Cl2N5O3. The first-order valence-corrected chi connectivity index (χ1v) is 9.55. The topological polar surface area (TPSA) is 109 Å². The van der Waals surface area contributed by atoms with Gasteiger partial charge in [-0.1, -0.05) is 13.8 Å². The van der Waals surface area contributed by atoms with Crippen LogP contribution in [-0.4, -0.2) is 39.1 Å². The van der Waals surface area contributed by atoms with Gasteiger partial charge in [0.05, 0.1) is 10.9 Å². The molecule has 3 heterocycles. The molecule has 2 atom stereocenters. The quantitative estimate of drug-likeness (QED) is 0.665. The van der Waals surface area contributed by atoms with Crippen LogP contribution in [-0.2, 0) is 6.54 Å². The molecule has 0 bridgehead atoms. The molecule has 162 valence electrons. The summed E-state index contributed by atoms with van der Waals surface area (Å²) in [6.45, 7) is 9.06. The molecule has 0 aromatic carbocycles. The Morgan fingerprint density at radius 3 is 2.62 bits per heavy atom. The summed E-state index contributed by atoms with van der Waals surface area (Å²) >= 11 is 0. The Hall–Kier alpha value is -1.90. The third-order valence-electron chi connectivity index (χ3n) is 5.20. The van der Waals surface area contributed by atoms with E-state index >= 15 is 0 Å². The van der Waals surface area contributed by atoms with Crippen molar-refractivity contribution >= 4 is 41.8 Å². The van der Waals surface area contributed by atoms with Crippen LogP contribution >= 0.6 is 24.8 Å². The van der Waals surface area contributed by atoms with Crippen LogP contribution in [0.5, 0.6) is 0 Å². The van der Waals surface area contributed by atoms with Crippen LogP contribution in [0.25, 0.3) is 11.0 Å². The smallest absolute Gasteiger partial charge is 0.329 e. The Labute approximate surface area is 181 Å². The third kappa shape index (κ3) is 4.99. The SMILES string of the molecule is CCn1c(=O)[nH]c(=O)c2c(C(=O)NC3CCCNC3C)cc(C(C)C)nc21.Cl.Cl. The number of rotatable bonds is 4. The van der Waals surface area contributed by atoms with Gasteiger partial charge in [0.2, 0.25) is 0 Å². The van der Waals surface area contributed by atoms with Crippen LogP contribution in [0.1, 0.15) is 62.5 Å². The number of piperidine rings is 1. The lowest BCUT2D eigenvalue weighted by Gasteiger charge is -2.30. The number of nitrogens with zero attached hydrogens (tertiary/aromatic N) is 2. The molecule has 2 aromatic rings. The summed E-state index contributed by atoms with van der Waals surface area (Å²) in [5, 5.41) is 6.57. The maximum Gasteiger partial charge on any atom is 0.329 e. The van der Waals surface area contributed by atoms with Gasteiger partial charge in [0.1, 0.15) is 0 Å². The van der Waals surface area contributed by atoms with E-state index in [1.54, 1.807) is 13.0 Å². The highest BCUT2D eigenvalue weighted by Crippen LogP contribution is 2.20. The normalized spacial score (nSPS) is 18.8. The van der Waals surface area contributed by atoms with E-state index in [4.69, 9.17) is 0 Å². The van der Waals surface area contributed by atoms with Crippen molar-refractivity contribution in [3.8, 4) is 0 Å². The first-order chi connectivity index (χ1) is 12.8. The van der Waals surface area contributed by atoms with Gasteiger partial charge >= 0.3 is 5.69 Å². The van der Waals surface area contributed by atoms with Crippen LogP contribution in [0, 0.1) is 0 Å². The molecule has 29 heavy (non-hydrogen) atoms. The van der Waals surface area contributed by atoms with Crippen molar-refractivity contribution in [1.29, 1.82) is 0 Å². The standard InChI is InChI=1S/C19H27N5O3.2ClH/c1-5-24-16-15(18(26)23-19(24)27)12(9-14(21-16)10(2)3)17(25)22-13-7-6-8-20-11(13)4;;/h9-11,13,20H,5-8H2,1-4H3,(H,22,25)(H,23,26,27);2*1H. The van der Waals surface area contributed by atoms with E-state index in [1.165, 1.54) is 4.57 Å². The Morgan fingerprint density at radius 2 is 2.03 bits per heavy atom. The molecule has 1 saturated heterocycles. The number of H-pyrrole nitrogens is 1. The molecule has 1 aliphatic rings. The fourth-order valence-corrected chi connectivity index (χ4v) is 3.55. The number of halogens is 2. The van der Waals surface area contributed by atoms with E-state index in [0.29, 0.717) is 12.2 Å². The fourth-order valence-electron chi connectivity index (χ4n) is 3.55. The average molecular weight is 446 g/mol. The van der Waals surface area contributed by atoms with Gasteiger partial charge < -0.3 is 10.6 Å². The monoisotopic (exact) mass is 445 g/mol. The number of hydrogen-bond acceptors (Lipinski definition) is 5.